The minimum Gasteiger partial charge on any atom is -0.413 e. The van der Waals surface area contributed by atoms with E-state index in [9.17, 15) is 27.4 Å². The van der Waals surface area contributed by atoms with Gasteiger partial charge in [0.15, 0.2) is 5.69 Å². The van der Waals surface area contributed by atoms with E-state index >= 15 is 0 Å². The van der Waals surface area contributed by atoms with Gasteiger partial charge in [0.25, 0.3) is 0 Å². The Labute approximate surface area is 187 Å². The minimum absolute atomic E-state index is 0.00128. The molecule has 1 saturated carbocycles. The first-order chi connectivity index (χ1) is 15.4. The van der Waals surface area contributed by atoms with Crippen LogP contribution in [0.4, 0.5) is 13.2 Å². The fourth-order valence-corrected chi connectivity index (χ4v) is 5.01. The molecule has 0 bridgehead atoms. The lowest BCUT2D eigenvalue weighted by atomic mass is 9.99. The number of aromatic nitrogens is 3. The predicted molar refractivity (Wildman–Crippen MR) is 114 cm³/mol. The third-order valence-electron chi connectivity index (χ3n) is 6.01. The van der Waals surface area contributed by atoms with Gasteiger partial charge in [-0.05, 0) is 36.6 Å². The lowest BCUT2D eigenvalue weighted by Gasteiger charge is -2.15. The van der Waals surface area contributed by atoms with Crippen LogP contribution in [0.1, 0.15) is 31.0 Å². The maximum atomic E-state index is 13.5. The van der Waals surface area contributed by atoms with Crippen LogP contribution in [0.3, 0.4) is 0 Å². The molecule has 0 saturated heterocycles. The molecule has 0 amide bonds. The topological polar surface area (TPSA) is 114 Å². The first kappa shape index (κ1) is 22.8. The Morgan fingerprint density at radius 3 is 2.52 bits per heavy atom. The monoisotopic (exact) mass is 479 g/mol. The smallest absolute Gasteiger partial charge is 0.413 e. The van der Waals surface area contributed by atoms with Crippen molar-refractivity contribution in [2.45, 2.75) is 36.3 Å². The van der Waals surface area contributed by atoms with Crippen molar-refractivity contribution in [1.29, 1.82) is 10.0 Å². The van der Waals surface area contributed by atoms with Crippen molar-refractivity contribution in [3.05, 3.63) is 46.0 Å². The van der Waals surface area contributed by atoms with E-state index in [1.165, 1.54) is 29.9 Å². The van der Waals surface area contributed by atoms with E-state index < -0.39 is 32.6 Å². The summed E-state index contributed by atoms with van der Waals surface area (Å²) >= 11 is 0. The molecule has 3 aromatic rings. The summed E-state index contributed by atoms with van der Waals surface area (Å²) in [7, 11) is -0.886. The Hall–Kier alpha value is -3.33. The number of aryl methyl sites for hydroxylation is 1. The molecule has 12 heteroatoms. The standard InChI is InChI=1S/C21H20F3N5O3S/c1-4-33(26,31)15-9-13(20(11-25)5-6-20)10-27-17(15)14-7-12-8-16(21(22,23)24)29(32-3)19(30)18(12)28(14)2/h7-10,26H,4-6H2,1-3H3. The lowest BCUT2D eigenvalue weighted by molar-refractivity contribution is -0.151. The van der Waals surface area contributed by atoms with Gasteiger partial charge in [-0.3, -0.25) is 9.78 Å². The van der Waals surface area contributed by atoms with Crippen molar-refractivity contribution < 1.29 is 22.2 Å². The zero-order valence-electron chi connectivity index (χ0n) is 18.0. The third kappa shape index (κ3) is 3.47. The van der Waals surface area contributed by atoms with Crippen molar-refractivity contribution in [3.8, 4) is 17.5 Å². The van der Waals surface area contributed by atoms with Crippen LogP contribution in [0, 0.1) is 16.1 Å². The van der Waals surface area contributed by atoms with Crippen LogP contribution < -0.4 is 10.4 Å². The molecule has 0 aliphatic heterocycles. The molecule has 0 aromatic carbocycles. The van der Waals surface area contributed by atoms with E-state index in [4.69, 9.17) is 9.62 Å². The molecule has 1 N–H and O–H groups in total. The van der Waals surface area contributed by atoms with Gasteiger partial charge in [-0.1, -0.05) is 6.92 Å². The second kappa shape index (κ2) is 7.34. The summed E-state index contributed by atoms with van der Waals surface area (Å²) < 4.78 is 63.5. The van der Waals surface area contributed by atoms with Gasteiger partial charge < -0.3 is 9.40 Å². The maximum Gasteiger partial charge on any atom is 0.434 e. The second-order valence-corrected chi connectivity index (χ2v) is 10.3. The SMILES string of the molecule is CCS(=N)(=O)c1cc(C2(C#N)CC2)cnc1-c1cc2cc(C(F)(F)F)n(OC)c(=O)c2n1C. The number of hydrogen-bond acceptors (Lipinski definition) is 6. The summed E-state index contributed by atoms with van der Waals surface area (Å²) in [5.41, 5.74) is -2.19. The molecule has 4 rings (SSSR count). The fraction of sp³-hybridized carbons (Fsp3) is 0.381. The van der Waals surface area contributed by atoms with E-state index in [2.05, 4.69) is 11.1 Å². The van der Waals surface area contributed by atoms with Crippen molar-refractivity contribution in [2.75, 3.05) is 12.9 Å². The number of nitrogens with one attached hydrogen (secondary N) is 1. The molecule has 33 heavy (non-hydrogen) atoms. The molecule has 1 atom stereocenters. The van der Waals surface area contributed by atoms with Crippen molar-refractivity contribution in [2.24, 2.45) is 7.05 Å². The molecular weight excluding hydrogens is 459 g/mol. The highest BCUT2D eigenvalue weighted by Gasteiger charge is 2.46. The predicted octanol–water partition coefficient (Wildman–Crippen LogP) is 3.46. The molecule has 8 nitrogen and oxygen atoms in total. The van der Waals surface area contributed by atoms with E-state index in [1.807, 2.05) is 0 Å². The molecule has 1 fully saturated rings. The largest absolute Gasteiger partial charge is 0.434 e. The molecule has 1 aliphatic carbocycles. The normalized spacial score (nSPS) is 16.9. The van der Waals surface area contributed by atoms with E-state index in [-0.39, 0.29) is 37.7 Å². The second-order valence-electron chi connectivity index (χ2n) is 7.93. The van der Waals surface area contributed by atoms with Crippen molar-refractivity contribution >= 4 is 20.6 Å². The minimum atomic E-state index is -4.84. The molecule has 1 unspecified atom stereocenters. The fourth-order valence-electron chi connectivity index (χ4n) is 3.92. The summed E-state index contributed by atoms with van der Waals surface area (Å²) in [4.78, 5) is 22.0. The van der Waals surface area contributed by atoms with Gasteiger partial charge in [0.1, 0.15) is 18.3 Å². The number of alkyl halides is 3. The molecular formula is C21H20F3N5O3S. The Bertz CT molecular complexity index is 1490. The number of fused-ring (bicyclic) bond motifs is 1. The first-order valence-electron chi connectivity index (χ1n) is 9.96. The van der Waals surface area contributed by atoms with Crippen LogP contribution in [0.15, 0.2) is 34.1 Å². The molecule has 0 spiro atoms. The average molecular weight is 479 g/mol. The highest BCUT2D eigenvalue weighted by atomic mass is 32.2. The van der Waals surface area contributed by atoms with Gasteiger partial charge in [-0.2, -0.15) is 18.4 Å². The van der Waals surface area contributed by atoms with Crippen LogP contribution in [-0.2, 0) is 28.4 Å². The maximum absolute atomic E-state index is 13.5. The van der Waals surface area contributed by atoms with Gasteiger partial charge in [-0.25, -0.2) is 8.99 Å². The Balaban J connectivity index is 2.04. The first-order valence-corrected chi connectivity index (χ1v) is 11.7. The van der Waals surface area contributed by atoms with Gasteiger partial charge in [0.2, 0.25) is 0 Å². The summed E-state index contributed by atoms with van der Waals surface area (Å²) in [5, 5.41) is 9.52. The number of halogens is 3. The van der Waals surface area contributed by atoms with E-state index in [0.717, 1.165) is 13.2 Å². The Kier molecular flexibility index (Phi) is 5.09. The Morgan fingerprint density at radius 1 is 1.33 bits per heavy atom. The zero-order chi connectivity index (χ0) is 24.3. The number of nitriles is 1. The third-order valence-corrected chi connectivity index (χ3v) is 7.84. The van der Waals surface area contributed by atoms with Gasteiger partial charge in [0.05, 0.1) is 31.8 Å². The van der Waals surface area contributed by atoms with Crippen LogP contribution in [0.5, 0.6) is 0 Å². The summed E-state index contributed by atoms with van der Waals surface area (Å²) in [6, 6.07) is 5.91. The molecule has 0 radical (unpaired) electrons. The number of hydrogen-bond donors (Lipinski definition) is 1. The van der Waals surface area contributed by atoms with Crippen LogP contribution in [-0.4, -0.2) is 31.4 Å². The van der Waals surface area contributed by atoms with Crippen LogP contribution >= 0.6 is 0 Å². The highest BCUT2D eigenvalue weighted by Crippen LogP contribution is 2.48. The molecule has 174 valence electrons. The van der Waals surface area contributed by atoms with Crippen LogP contribution in [0.25, 0.3) is 22.3 Å². The molecule has 3 aromatic heterocycles. The van der Waals surface area contributed by atoms with Gasteiger partial charge in [-0.15, -0.1) is 4.73 Å². The number of nitrogens with zero attached hydrogens (tertiary/aromatic N) is 4. The number of pyridine rings is 2. The van der Waals surface area contributed by atoms with Crippen LogP contribution in [0.2, 0.25) is 0 Å². The van der Waals surface area contributed by atoms with Gasteiger partial charge >= 0.3 is 11.7 Å². The Morgan fingerprint density at radius 2 is 2.00 bits per heavy atom. The quantitative estimate of drug-likeness (QED) is 0.602. The summed E-state index contributed by atoms with van der Waals surface area (Å²) in [5.74, 6) is -0.0245. The average Bonchev–Trinajstić information content (AvgIpc) is 3.50. The molecule has 3 heterocycles. The van der Waals surface area contributed by atoms with E-state index in [0.29, 0.717) is 18.4 Å². The van der Waals surface area contributed by atoms with Gasteiger partial charge in [0, 0.05) is 24.4 Å². The number of rotatable bonds is 5. The van der Waals surface area contributed by atoms with E-state index in [1.54, 1.807) is 6.92 Å². The summed E-state index contributed by atoms with van der Waals surface area (Å²) in [6.07, 6.45) is -2.12. The molecule has 1 aliphatic rings. The summed E-state index contributed by atoms with van der Waals surface area (Å²) in [6.45, 7) is 1.58. The highest BCUT2D eigenvalue weighted by molar-refractivity contribution is 7.92. The van der Waals surface area contributed by atoms with Crippen molar-refractivity contribution in [1.82, 2.24) is 14.3 Å². The zero-order valence-corrected chi connectivity index (χ0v) is 18.8. The van der Waals surface area contributed by atoms with Crippen molar-refractivity contribution in [3.63, 3.8) is 0 Å². The lowest BCUT2D eigenvalue weighted by Crippen LogP contribution is -2.32.